The van der Waals surface area contributed by atoms with Gasteiger partial charge in [-0.3, -0.25) is 9.59 Å². The molecule has 0 aliphatic carbocycles. The molecule has 0 radical (unpaired) electrons. The normalized spacial score (nSPS) is 16.1. The number of nitrogens with one attached hydrogen (secondary N) is 1. The van der Waals surface area contributed by atoms with E-state index in [4.69, 9.17) is 0 Å². The van der Waals surface area contributed by atoms with Crippen molar-refractivity contribution in [1.82, 2.24) is 9.78 Å². The smallest absolute Gasteiger partial charge is 0.226 e. The van der Waals surface area contributed by atoms with E-state index in [1.54, 1.807) is 4.68 Å². The van der Waals surface area contributed by atoms with Gasteiger partial charge in [0.2, 0.25) is 5.91 Å². The van der Waals surface area contributed by atoms with Crippen molar-refractivity contribution in [1.29, 1.82) is 0 Å². The molecule has 1 amide bonds. The molecule has 6 heteroatoms. The summed E-state index contributed by atoms with van der Waals surface area (Å²) in [5, 5.41) is 7.57. The van der Waals surface area contributed by atoms with Crippen molar-refractivity contribution >= 4 is 28.8 Å². The van der Waals surface area contributed by atoms with Crippen LogP contribution in [0.2, 0.25) is 0 Å². The first kappa shape index (κ1) is 17.7. The summed E-state index contributed by atoms with van der Waals surface area (Å²) in [5.74, 6) is -0.0275. The van der Waals surface area contributed by atoms with E-state index < -0.39 is 5.92 Å². The molecular formula is C21H21N3O2S. The number of carbonyl (C=O) groups excluding carboxylic acids is 2. The fourth-order valence-corrected chi connectivity index (χ4v) is 4.53. The minimum Gasteiger partial charge on any atom is -0.310 e. The van der Waals surface area contributed by atoms with E-state index in [0.717, 1.165) is 28.9 Å². The molecular weight excluding hydrogens is 358 g/mol. The average molecular weight is 379 g/mol. The van der Waals surface area contributed by atoms with Gasteiger partial charge >= 0.3 is 0 Å². The zero-order chi connectivity index (χ0) is 19.1. The lowest BCUT2D eigenvalue weighted by Gasteiger charge is -2.22. The lowest BCUT2D eigenvalue weighted by atomic mass is 9.87. The summed E-state index contributed by atoms with van der Waals surface area (Å²) in [6, 6.07) is 11.8. The molecule has 1 aliphatic heterocycles. The maximum atomic E-state index is 13.2. The highest BCUT2D eigenvalue weighted by Crippen LogP contribution is 2.39. The molecule has 1 aromatic carbocycles. The Morgan fingerprint density at radius 1 is 1.30 bits per heavy atom. The summed E-state index contributed by atoms with van der Waals surface area (Å²) < 4.78 is 1.74. The van der Waals surface area contributed by atoms with Crippen LogP contribution in [0, 0.1) is 13.8 Å². The Balaban J connectivity index is 1.80. The molecule has 1 unspecified atom stereocenters. The predicted octanol–water partition coefficient (Wildman–Crippen LogP) is 4.42. The molecule has 5 nitrogen and oxygen atoms in total. The van der Waals surface area contributed by atoms with Crippen LogP contribution in [0.15, 0.2) is 36.4 Å². The van der Waals surface area contributed by atoms with E-state index in [-0.39, 0.29) is 18.1 Å². The number of nitrogens with zero attached hydrogens (tertiary/aromatic N) is 2. The first-order chi connectivity index (χ1) is 13.0. The maximum absolute atomic E-state index is 13.2. The van der Waals surface area contributed by atoms with Gasteiger partial charge in [-0.2, -0.15) is 5.10 Å². The summed E-state index contributed by atoms with van der Waals surface area (Å²) in [5.41, 5.74) is 3.58. The number of thiophene rings is 1. The van der Waals surface area contributed by atoms with Crippen molar-refractivity contribution in [2.24, 2.45) is 0 Å². The molecule has 0 fully saturated rings. The molecule has 1 aliphatic rings. The Hall–Kier alpha value is -2.73. The van der Waals surface area contributed by atoms with Crippen LogP contribution in [0.4, 0.5) is 5.82 Å². The second-order valence-corrected chi connectivity index (χ2v) is 8.06. The summed E-state index contributed by atoms with van der Waals surface area (Å²) in [7, 11) is 0. The number of hydrogen-bond donors (Lipinski definition) is 1. The molecule has 3 aromatic rings. The highest BCUT2D eigenvalue weighted by molar-refractivity contribution is 7.14. The van der Waals surface area contributed by atoms with Crippen LogP contribution >= 0.6 is 11.3 Å². The summed E-state index contributed by atoms with van der Waals surface area (Å²) >= 11 is 1.51. The fourth-order valence-electron chi connectivity index (χ4n) is 3.59. The van der Waals surface area contributed by atoms with Gasteiger partial charge in [-0.25, -0.2) is 4.68 Å². The lowest BCUT2D eigenvalue weighted by Crippen LogP contribution is -2.28. The van der Waals surface area contributed by atoms with Gasteiger partial charge in [-0.05, 0) is 50.1 Å². The molecule has 4 rings (SSSR count). The summed E-state index contributed by atoms with van der Waals surface area (Å²) in [6.07, 6.45) is 1.06. The third kappa shape index (κ3) is 3.10. The van der Waals surface area contributed by atoms with Crippen LogP contribution in [0.3, 0.4) is 0 Å². The van der Waals surface area contributed by atoms with Crippen molar-refractivity contribution < 1.29 is 9.59 Å². The third-order valence-corrected chi connectivity index (χ3v) is 6.16. The summed E-state index contributed by atoms with van der Waals surface area (Å²) in [4.78, 5) is 27.5. The van der Waals surface area contributed by atoms with Gasteiger partial charge in [0.25, 0.3) is 0 Å². The number of amides is 1. The van der Waals surface area contributed by atoms with E-state index in [1.807, 2.05) is 50.2 Å². The van der Waals surface area contributed by atoms with Crippen LogP contribution in [0.25, 0.3) is 5.69 Å². The average Bonchev–Trinajstić information content (AvgIpc) is 3.25. The number of carbonyl (C=O) groups is 2. The summed E-state index contributed by atoms with van der Waals surface area (Å²) in [6.45, 7) is 5.98. The minimum absolute atomic E-state index is 0.00249. The highest BCUT2D eigenvalue weighted by atomic mass is 32.1. The number of Topliss-reactive ketones (excluding diaryl/α,β-unsaturated/α-hetero) is 1. The van der Waals surface area contributed by atoms with Crippen LogP contribution in [-0.2, 0) is 11.2 Å². The topological polar surface area (TPSA) is 64.0 Å². The lowest BCUT2D eigenvalue weighted by molar-refractivity contribution is -0.116. The van der Waals surface area contributed by atoms with E-state index in [9.17, 15) is 9.59 Å². The second-order valence-electron chi connectivity index (χ2n) is 6.89. The molecule has 0 spiro atoms. The number of hydrogen-bond acceptors (Lipinski definition) is 4. The molecule has 0 saturated heterocycles. The number of ketones is 1. The van der Waals surface area contributed by atoms with Crippen LogP contribution < -0.4 is 5.32 Å². The fraction of sp³-hybridized carbons (Fsp3) is 0.286. The monoisotopic (exact) mass is 379 g/mol. The Labute approximate surface area is 162 Å². The van der Waals surface area contributed by atoms with Crippen LogP contribution in [0.1, 0.15) is 50.6 Å². The van der Waals surface area contributed by atoms with Gasteiger partial charge in [0.05, 0.1) is 22.2 Å². The minimum atomic E-state index is -0.490. The quantitative estimate of drug-likeness (QED) is 0.683. The number of fused-ring (bicyclic) bond motifs is 1. The van der Waals surface area contributed by atoms with Crippen molar-refractivity contribution in [3.05, 3.63) is 63.0 Å². The Kier molecular flexibility index (Phi) is 4.44. The van der Waals surface area contributed by atoms with Gasteiger partial charge in [-0.15, -0.1) is 11.3 Å². The third-order valence-electron chi connectivity index (χ3n) is 4.92. The molecule has 138 valence electrons. The Bertz CT molecular complexity index is 1050. The first-order valence-electron chi connectivity index (χ1n) is 9.07. The van der Waals surface area contributed by atoms with Crippen LogP contribution in [0.5, 0.6) is 0 Å². The highest BCUT2D eigenvalue weighted by Gasteiger charge is 2.36. The zero-order valence-corrected chi connectivity index (χ0v) is 16.4. The van der Waals surface area contributed by atoms with Gasteiger partial charge in [0, 0.05) is 16.9 Å². The van der Waals surface area contributed by atoms with E-state index >= 15 is 0 Å². The largest absolute Gasteiger partial charge is 0.310 e. The molecule has 3 heterocycles. The Morgan fingerprint density at radius 3 is 2.81 bits per heavy atom. The Morgan fingerprint density at radius 2 is 2.11 bits per heavy atom. The molecule has 1 N–H and O–H groups in total. The van der Waals surface area contributed by atoms with Crippen molar-refractivity contribution in [3.63, 3.8) is 0 Å². The van der Waals surface area contributed by atoms with Crippen molar-refractivity contribution in [3.8, 4) is 5.69 Å². The number of aromatic nitrogens is 2. The molecule has 0 bridgehead atoms. The zero-order valence-electron chi connectivity index (χ0n) is 15.6. The molecule has 2 aromatic heterocycles. The van der Waals surface area contributed by atoms with Gasteiger partial charge < -0.3 is 5.32 Å². The SMILES string of the molecule is CCc1ccc(C(=O)C2CC(=O)Nc3c2c(C)nn3-c2cccc(C)c2)s1. The number of aryl methyl sites for hydroxylation is 3. The van der Waals surface area contributed by atoms with Crippen molar-refractivity contribution in [2.45, 2.75) is 39.5 Å². The van der Waals surface area contributed by atoms with Gasteiger partial charge in [-0.1, -0.05) is 19.1 Å². The number of benzene rings is 1. The predicted molar refractivity (Wildman–Crippen MR) is 107 cm³/mol. The van der Waals surface area contributed by atoms with Crippen molar-refractivity contribution in [2.75, 3.05) is 5.32 Å². The number of rotatable bonds is 4. The second kappa shape index (κ2) is 6.78. The number of anilines is 1. The van der Waals surface area contributed by atoms with Crippen LogP contribution in [-0.4, -0.2) is 21.5 Å². The van der Waals surface area contributed by atoms with Gasteiger partial charge in [0.1, 0.15) is 5.82 Å². The first-order valence-corrected chi connectivity index (χ1v) is 9.89. The maximum Gasteiger partial charge on any atom is 0.226 e. The van der Waals surface area contributed by atoms with E-state index in [2.05, 4.69) is 17.3 Å². The van der Waals surface area contributed by atoms with Gasteiger partial charge in [0.15, 0.2) is 5.78 Å². The molecule has 1 atom stereocenters. The van der Waals surface area contributed by atoms with E-state index in [0.29, 0.717) is 10.7 Å². The van der Waals surface area contributed by atoms with E-state index in [1.165, 1.54) is 16.2 Å². The standard InChI is InChI=1S/C21H21N3O2S/c1-4-15-8-9-17(27-15)20(26)16-11-18(25)22-21-19(16)13(3)23-24(21)14-7-5-6-12(2)10-14/h5-10,16H,4,11H2,1-3H3,(H,22,25). The molecule has 27 heavy (non-hydrogen) atoms. The molecule has 0 saturated carbocycles.